The van der Waals surface area contributed by atoms with Gasteiger partial charge in [-0.3, -0.25) is 4.79 Å². The minimum Gasteiger partial charge on any atom is -0.378 e. The molecule has 1 aromatic carbocycles. The molecule has 0 aliphatic carbocycles. The van der Waals surface area contributed by atoms with Gasteiger partial charge < -0.3 is 10.2 Å². The lowest BCUT2D eigenvalue weighted by Crippen LogP contribution is -2.28. The number of amides is 1. The van der Waals surface area contributed by atoms with Gasteiger partial charge in [-0.2, -0.15) is 0 Å². The number of benzene rings is 1. The van der Waals surface area contributed by atoms with Crippen LogP contribution in [0.15, 0.2) is 24.3 Å². The zero-order valence-electron chi connectivity index (χ0n) is 11.9. The van der Waals surface area contributed by atoms with Crippen LogP contribution in [0.2, 0.25) is 0 Å². The van der Waals surface area contributed by atoms with Gasteiger partial charge in [-0.05, 0) is 30.5 Å². The molecule has 0 atom stereocenters. The second-order valence-electron chi connectivity index (χ2n) is 5.11. The molecule has 1 aromatic rings. The summed E-state index contributed by atoms with van der Waals surface area (Å²) in [4.78, 5) is 13.4. The SMILES string of the molecule is CC(C)C(=O)NCCCc1ccc(N(C)C)cc1. The summed E-state index contributed by atoms with van der Waals surface area (Å²) in [6.07, 6.45) is 1.99. The molecule has 0 saturated heterocycles. The third-order valence-corrected chi connectivity index (χ3v) is 2.92. The largest absolute Gasteiger partial charge is 0.378 e. The van der Waals surface area contributed by atoms with Crippen LogP contribution in [0.4, 0.5) is 5.69 Å². The number of nitrogens with zero attached hydrogens (tertiary/aromatic N) is 1. The topological polar surface area (TPSA) is 32.3 Å². The number of aryl methyl sites for hydroxylation is 1. The van der Waals surface area contributed by atoms with Gasteiger partial charge in [0.05, 0.1) is 0 Å². The van der Waals surface area contributed by atoms with E-state index in [4.69, 9.17) is 0 Å². The third-order valence-electron chi connectivity index (χ3n) is 2.92. The van der Waals surface area contributed by atoms with Crippen LogP contribution in [0.25, 0.3) is 0 Å². The molecule has 0 heterocycles. The third kappa shape index (κ3) is 4.78. The predicted molar refractivity (Wildman–Crippen MR) is 76.9 cm³/mol. The average molecular weight is 248 g/mol. The standard InChI is InChI=1S/C15H24N2O/c1-12(2)15(18)16-11-5-6-13-7-9-14(10-8-13)17(3)4/h7-10,12H,5-6,11H2,1-4H3,(H,16,18). The van der Waals surface area contributed by atoms with Crippen molar-refractivity contribution in [1.29, 1.82) is 0 Å². The number of hydrogen-bond donors (Lipinski definition) is 1. The molecule has 3 nitrogen and oxygen atoms in total. The van der Waals surface area contributed by atoms with Crippen molar-refractivity contribution in [2.24, 2.45) is 5.92 Å². The number of hydrogen-bond acceptors (Lipinski definition) is 2. The predicted octanol–water partition coefficient (Wildman–Crippen LogP) is 2.46. The highest BCUT2D eigenvalue weighted by atomic mass is 16.1. The Morgan fingerprint density at radius 1 is 1.22 bits per heavy atom. The number of carbonyl (C=O) groups excluding carboxylic acids is 1. The van der Waals surface area contributed by atoms with Crippen LogP contribution >= 0.6 is 0 Å². The van der Waals surface area contributed by atoms with Gasteiger partial charge >= 0.3 is 0 Å². The highest BCUT2D eigenvalue weighted by Crippen LogP contribution is 2.13. The molecule has 0 spiro atoms. The van der Waals surface area contributed by atoms with Crippen molar-refractivity contribution < 1.29 is 4.79 Å². The maximum atomic E-state index is 11.4. The minimum absolute atomic E-state index is 0.0735. The fourth-order valence-electron chi connectivity index (χ4n) is 1.67. The molecule has 0 aliphatic heterocycles. The number of rotatable bonds is 6. The van der Waals surface area contributed by atoms with Gasteiger partial charge in [-0.1, -0.05) is 26.0 Å². The molecule has 1 rings (SSSR count). The zero-order valence-corrected chi connectivity index (χ0v) is 11.9. The van der Waals surface area contributed by atoms with Gasteiger partial charge in [0.25, 0.3) is 0 Å². The second-order valence-corrected chi connectivity index (χ2v) is 5.11. The summed E-state index contributed by atoms with van der Waals surface area (Å²) in [5, 5.41) is 2.93. The van der Waals surface area contributed by atoms with Gasteiger partial charge in [0.1, 0.15) is 0 Å². The van der Waals surface area contributed by atoms with Crippen LogP contribution in [0.1, 0.15) is 25.8 Å². The molecule has 0 aromatic heterocycles. The van der Waals surface area contributed by atoms with E-state index >= 15 is 0 Å². The number of carbonyl (C=O) groups is 1. The Balaban J connectivity index is 2.29. The Kier molecular flexibility index (Phi) is 5.69. The molecule has 3 heteroatoms. The molecule has 0 radical (unpaired) electrons. The van der Waals surface area contributed by atoms with E-state index in [1.165, 1.54) is 11.3 Å². The summed E-state index contributed by atoms with van der Waals surface area (Å²) in [5.41, 5.74) is 2.53. The second kappa shape index (κ2) is 7.04. The van der Waals surface area contributed by atoms with Gasteiger partial charge in [-0.15, -0.1) is 0 Å². The highest BCUT2D eigenvalue weighted by Gasteiger charge is 2.04. The molecular formula is C15H24N2O. The van der Waals surface area contributed by atoms with Gasteiger partial charge in [0, 0.05) is 32.2 Å². The van der Waals surface area contributed by atoms with Gasteiger partial charge in [0.2, 0.25) is 5.91 Å². The summed E-state index contributed by atoms with van der Waals surface area (Å²) < 4.78 is 0. The van der Waals surface area contributed by atoms with Crippen molar-refractivity contribution in [1.82, 2.24) is 5.32 Å². The zero-order chi connectivity index (χ0) is 13.5. The smallest absolute Gasteiger partial charge is 0.222 e. The highest BCUT2D eigenvalue weighted by molar-refractivity contribution is 5.77. The van der Waals surface area contributed by atoms with Crippen LogP contribution in [0, 0.1) is 5.92 Å². The van der Waals surface area contributed by atoms with Crippen LogP contribution < -0.4 is 10.2 Å². The molecule has 100 valence electrons. The molecule has 0 unspecified atom stereocenters. The van der Waals surface area contributed by atoms with E-state index < -0.39 is 0 Å². The molecular weight excluding hydrogens is 224 g/mol. The fourth-order valence-corrected chi connectivity index (χ4v) is 1.67. The number of anilines is 1. The Labute approximate surface area is 110 Å². The maximum Gasteiger partial charge on any atom is 0.222 e. The summed E-state index contributed by atoms with van der Waals surface area (Å²) in [6, 6.07) is 8.56. The van der Waals surface area contributed by atoms with Crippen LogP contribution in [-0.4, -0.2) is 26.5 Å². The average Bonchev–Trinajstić information content (AvgIpc) is 2.34. The summed E-state index contributed by atoms with van der Waals surface area (Å²) >= 11 is 0. The molecule has 1 amide bonds. The van der Waals surface area contributed by atoms with E-state index in [1.54, 1.807) is 0 Å². The Hall–Kier alpha value is -1.51. The van der Waals surface area contributed by atoms with E-state index in [1.807, 2.05) is 27.9 Å². The molecule has 0 bridgehead atoms. The van der Waals surface area contributed by atoms with Crippen molar-refractivity contribution in [3.8, 4) is 0 Å². The Morgan fingerprint density at radius 3 is 2.33 bits per heavy atom. The molecule has 1 N–H and O–H groups in total. The van der Waals surface area contributed by atoms with Gasteiger partial charge in [-0.25, -0.2) is 0 Å². The number of nitrogens with one attached hydrogen (secondary N) is 1. The maximum absolute atomic E-state index is 11.4. The first-order chi connectivity index (χ1) is 8.50. The van der Waals surface area contributed by atoms with Crippen LogP contribution in [0.5, 0.6) is 0 Å². The van der Waals surface area contributed by atoms with E-state index in [0.29, 0.717) is 0 Å². The lowest BCUT2D eigenvalue weighted by Gasteiger charge is -2.12. The Morgan fingerprint density at radius 2 is 1.83 bits per heavy atom. The first-order valence-electron chi connectivity index (χ1n) is 6.54. The molecule has 0 aliphatic rings. The molecule has 0 fully saturated rings. The Bertz CT molecular complexity index is 369. The van der Waals surface area contributed by atoms with Crippen LogP contribution in [0.3, 0.4) is 0 Å². The van der Waals surface area contributed by atoms with Gasteiger partial charge in [0.15, 0.2) is 0 Å². The lowest BCUT2D eigenvalue weighted by atomic mass is 10.1. The summed E-state index contributed by atoms with van der Waals surface area (Å²) in [7, 11) is 4.08. The first kappa shape index (κ1) is 14.6. The van der Waals surface area contributed by atoms with E-state index in [2.05, 4.69) is 34.5 Å². The summed E-state index contributed by atoms with van der Waals surface area (Å²) in [5.74, 6) is 0.210. The van der Waals surface area contributed by atoms with E-state index in [0.717, 1.165) is 19.4 Å². The van der Waals surface area contributed by atoms with Crippen molar-refractivity contribution in [3.05, 3.63) is 29.8 Å². The first-order valence-corrected chi connectivity index (χ1v) is 6.54. The molecule has 0 saturated carbocycles. The van der Waals surface area contributed by atoms with Crippen molar-refractivity contribution in [2.75, 3.05) is 25.5 Å². The lowest BCUT2D eigenvalue weighted by molar-refractivity contribution is -0.123. The summed E-state index contributed by atoms with van der Waals surface area (Å²) in [6.45, 7) is 4.58. The monoisotopic (exact) mass is 248 g/mol. The van der Waals surface area contributed by atoms with Crippen molar-refractivity contribution >= 4 is 11.6 Å². The molecule has 18 heavy (non-hydrogen) atoms. The van der Waals surface area contributed by atoms with E-state index in [-0.39, 0.29) is 11.8 Å². The minimum atomic E-state index is 0.0735. The fraction of sp³-hybridized carbons (Fsp3) is 0.533. The van der Waals surface area contributed by atoms with Crippen molar-refractivity contribution in [2.45, 2.75) is 26.7 Å². The normalized spacial score (nSPS) is 10.5. The van der Waals surface area contributed by atoms with Crippen LogP contribution in [-0.2, 0) is 11.2 Å². The van der Waals surface area contributed by atoms with Crippen molar-refractivity contribution in [3.63, 3.8) is 0 Å². The van der Waals surface area contributed by atoms with E-state index in [9.17, 15) is 4.79 Å². The quantitative estimate of drug-likeness (QED) is 0.784.